The molecule has 1 N–H and O–H groups in total. The zero-order chi connectivity index (χ0) is 20.6. The highest BCUT2D eigenvalue weighted by atomic mass is 16.5. The Balaban J connectivity index is 1.72. The van der Waals surface area contributed by atoms with E-state index in [9.17, 15) is 9.59 Å². The van der Waals surface area contributed by atoms with E-state index in [0.717, 1.165) is 30.6 Å². The quantitative estimate of drug-likeness (QED) is 0.563. The molecule has 29 heavy (non-hydrogen) atoms. The Kier molecular flexibility index (Phi) is 7.00. The Morgan fingerprint density at radius 1 is 1.10 bits per heavy atom. The third-order valence-corrected chi connectivity index (χ3v) is 4.70. The van der Waals surface area contributed by atoms with E-state index in [2.05, 4.69) is 17.3 Å². The maximum Gasteiger partial charge on any atom is 0.274 e. The molecule has 0 aliphatic rings. The van der Waals surface area contributed by atoms with E-state index >= 15 is 0 Å². The van der Waals surface area contributed by atoms with Gasteiger partial charge in [-0.05, 0) is 37.1 Å². The van der Waals surface area contributed by atoms with Crippen molar-refractivity contribution < 1.29 is 9.53 Å². The second-order valence-corrected chi connectivity index (χ2v) is 7.05. The van der Waals surface area contributed by atoms with Gasteiger partial charge in [0.25, 0.3) is 11.5 Å². The highest BCUT2D eigenvalue weighted by molar-refractivity contribution is 6.04. The summed E-state index contributed by atoms with van der Waals surface area (Å²) in [6, 6.07) is 14.9. The van der Waals surface area contributed by atoms with Crippen LogP contribution in [0.1, 0.15) is 42.2 Å². The molecule has 1 aromatic heterocycles. The smallest absolute Gasteiger partial charge is 0.274 e. The zero-order valence-electron chi connectivity index (χ0n) is 17.0. The normalized spacial score (nSPS) is 10.8. The average molecular weight is 393 g/mol. The molecular formula is C23H27N3O3. The van der Waals surface area contributed by atoms with Crippen LogP contribution in [0.25, 0.3) is 10.8 Å². The van der Waals surface area contributed by atoms with Gasteiger partial charge in [-0.3, -0.25) is 9.59 Å². The Bertz CT molecular complexity index is 1040. The van der Waals surface area contributed by atoms with Crippen molar-refractivity contribution in [2.75, 3.05) is 13.2 Å². The zero-order valence-corrected chi connectivity index (χ0v) is 17.0. The first-order valence-corrected chi connectivity index (χ1v) is 10.1. The van der Waals surface area contributed by atoms with Crippen LogP contribution >= 0.6 is 0 Å². The number of rotatable bonds is 9. The van der Waals surface area contributed by atoms with Crippen LogP contribution in [-0.2, 0) is 6.54 Å². The monoisotopic (exact) mass is 393 g/mol. The van der Waals surface area contributed by atoms with Crippen molar-refractivity contribution >= 4 is 16.7 Å². The molecule has 0 atom stereocenters. The van der Waals surface area contributed by atoms with Gasteiger partial charge in [-0.2, -0.15) is 5.10 Å². The van der Waals surface area contributed by atoms with Crippen molar-refractivity contribution in [2.45, 2.75) is 39.7 Å². The summed E-state index contributed by atoms with van der Waals surface area (Å²) in [5.41, 5.74) is 1.23. The number of amides is 1. The Labute approximate surface area is 170 Å². The largest absolute Gasteiger partial charge is 0.492 e. The summed E-state index contributed by atoms with van der Waals surface area (Å²) in [6.07, 6.45) is 2.92. The molecule has 1 amide bonds. The molecular weight excluding hydrogens is 366 g/mol. The van der Waals surface area contributed by atoms with Crippen LogP contribution in [0.3, 0.4) is 0 Å². The predicted octanol–water partition coefficient (Wildman–Crippen LogP) is 3.70. The van der Waals surface area contributed by atoms with E-state index in [-0.39, 0.29) is 17.2 Å². The summed E-state index contributed by atoms with van der Waals surface area (Å²) in [5, 5.41) is 8.30. The van der Waals surface area contributed by atoms with Crippen molar-refractivity contribution in [1.82, 2.24) is 15.1 Å². The van der Waals surface area contributed by atoms with Gasteiger partial charge in [-0.25, -0.2) is 4.68 Å². The number of carbonyl (C=O) groups excluding carboxylic acids is 1. The topological polar surface area (TPSA) is 73.2 Å². The van der Waals surface area contributed by atoms with Crippen molar-refractivity contribution in [1.29, 1.82) is 0 Å². The number of nitrogens with zero attached hydrogens (tertiary/aromatic N) is 2. The van der Waals surface area contributed by atoms with E-state index in [1.165, 1.54) is 4.68 Å². The van der Waals surface area contributed by atoms with Crippen molar-refractivity contribution in [3.63, 3.8) is 0 Å². The number of aromatic nitrogens is 2. The summed E-state index contributed by atoms with van der Waals surface area (Å²) < 4.78 is 7.09. The third-order valence-electron chi connectivity index (χ3n) is 4.70. The van der Waals surface area contributed by atoms with E-state index in [0.29, 0.717) is 30.5 Å². The molecule has 0 unspecified atom stereocenters. The molecule has 0 fully saturated rings. The van der Waals surface area contributed by atoms with Crippen molar-refractivity contribution in [3.8, 4) is 5.75 Å². The number of aryl methyl sites for hydroxylation is 2. The fourth-order valence-electron chi connectivity index (χ4n) is 3.19. The molecule has 0 bridgehead atoms. The van der Waals surface area contributed by atoms with Gasteiger partial charge >= 0.3 is 0 Å². The minimum Gasteiger partial charge on any atom is -0.492 e. The Hall–Kier alpha value is -3.15. The van der Waals surface area contributed by atoms with Crippen molar-refractivity contribution in [2.24, 2.45) is 0 Å². The minimum atomic E-state index is -0.307. The van der Waals surface area contributed by atoms with E-state index in [1.807, 2.05) is 37.3 Å². The number of nitrogens with one attached hydrogen (secondary N) is 1. The number of carbonyl (C=O) groups is 1. The molecule has 1 heterocycles. The second-order valence-electron chi connectivity index (χ2n) is 7.05. The third kappa shape index (κ3) is 5.22. The molecule has 6 nitrogen and oxygen atoms in total. The first-order chi connectivity index (χ1) is 14.1. The SMILES string of the molecule is CCCCCn1nc(C(=O)NCCOc2cccc(C)c2)c2ccccc2c1=O. The van der Waals surface area contributed by atoms with Crippen LogP contribution in [0.2, 0.25) is 0 Å². The minimum absolute atomic E-state index is 0.156. The highest BCUT2D eigenvalue weighted by Crippen LogP contribution is 2.14. The summed E-state index contributed by atoms with van der Waals surface area (Å²) >= 11 is 0. The van der Waals surface area contributed by atoms with E-state index < -0.39 is 0 Å². The van der Waals surface area contributed by atoms with Crippen LogP contribution in [0.4, 0.5) is 0 Å². The molecule has 6 heteroatoms. The first-order valence-electron chi connectivity index (χ1n) is 10.1. The van der Waals surface area contributed by atoms with E-state index in [1.54, 1.807) is 18.2 Å². The van der Waals surface area contributed by atoms with Crippen LogP contribution in [-0.4, -0.2) is 28.8 Å². The molecule has 2 aromatic carbocycles. The molecule has 0 saturated carbocycles. The average Bonchev–Trinajstić information content (AvgIpc) is 2.73. The summed E-state index contributed by atoms with van der Waals surface area (Å²) in [4.78, 5) is 25.5. The van der Waals surface area contributed by atoms with Crippen LogP contribution in [0, 0.1) is 6.92 Å². The molecule has 0 saturated heterocycles. The number of benzene rings is 2. The number of hydrogen-bond donors (Lipinski definition) is 1. The molecule has 0 spiro atoms. The lowest BCUT2D eigenvalue weighted by Crippen LogP contribution is -2.32. The Morgan fingerprint density at radius 3 is 2.66 bits per heavy atom. The number of ether oxygens (including phenoxy) is 1. The summed E-state index contributed by atoms with van der Waals surface area (Å²) in [5.74, 6) is 0.464. The van der Waals surface area contributed by atoms with Crippen LogP contribution < -0.4 is 15.6 Å². The lowest BCUT2D eigenvalue weighted by molar-refractivity contribution is 0.0941. The highest BCUT2D eigenvalue weighted by Gasteiger charge is 2.16. The van der Waals surface area contributed by atoms with Gasteiger partial charge < -0.3 is 10.1 Å². The lowest BCUT2D eigenvalue weighted by Gasteiger charge is -2.12. The van der Waals surface area contributed by atoms with Crippen LogP contribution in [0.15, 0.2) is 53.3 Å². The summed E-state index contributed by atoms with van der Waals surface area (Å²) in [7, 11) is 0. The van der Waals surface area contributed by atoms with Gasteiger partial charge in [0.05, 0.1) is 11.9 Å². The van der Waals surface area contributed by atoms with Gasteiger partial charge in [0.1, 0.15) is 12.4 Å². The lowest BCUT2D eigenvalue weighted by atomic mass is 10.1. The van der Waals surface area contributed by atoms with Gasteiger partial charge in [0.15, 0.2) is 5.69 Å². The van der Waals surface area contributed by atoms with Gasteiger partial charge in [0.2, 0.25) is 0 Å². The standard InChI is InChI=1S/C23H27N3O3/c1-3-4-7-14-26-23(28)20-12-6-5-11-19(20)21(25-26)22(27)24-13-15-29-18-10-8-9-17(2)16-18/h5-6,8-12,16H,3-4,7,13-15H2,1-2H3,(H,24,27). The molecule has 3 rings (SSSR count). The molecule has 3 aromatic rings. The maximum absolute atomic E-state index is 12.8. The number of fused-ring (bicyclic) bond motifs is 1. The fraction of sp³-hybridized carbons (Fsp3) is 0.348. The second kappa shape index (κ2) is 9.87. The predicted molar refractivity (Wildman–Crippen MR) is 115 cm³/mol. The van der Waals surface area contributed by atoms with Crippen LogP contribution in [0.5, 0.6) is 5.75 Å². The van der Waals surface area contributed by atoms with Gasteiger partial charge in [0, 0.05) is 11.9 Å². The molecule has 0 radical (unpaired) electrons. The Morgan fingerprint density at radius 2 is 1.90 bits per heavy atom. The van der Waals surface area contributed by atoms with E-state index in [4.69, 9.17) is 4.74 Å². The number of unbranched alkanes of at least 4 members (excludes halogenated alkanes) is 2. The molecule has 152 valence electrons. The fourth-order valence-corrected chi connectivity index (χ4v) is 3.19. The van der Waals surface area contributed by atoms with Crippen molar-refractivity contribution in [3.05, 3.63) is 70.1 Å². The van der Waals surface area contributed by atoms with Gasteiger partial charge in [-0.1, -0.05) is 50.1 Å². The number of hydrogen-bond acceptors (Lipinski definition) is 4. The van der Waals surface area contributed by atoms with Gasteiger partial charge in [-0.15, -0.1) is 0 Å². The molecule has 0 aliphatic heterocycles. The first kappa shape index (κ1) is 20.6. The maximum atomic E-state index is 12.8. The summed E-state index contributed by atoms with van der Waals surface area (Å²) in [6.45, 7) is 5.31. The molecule has 0 aliphatic carbocycles.